The Morgan fingerprint density at radius 1 is 1.17 bits per heavy atom. The van der Waals surface area contributed by atoms with E-state index in [-0.39, 0.29) is 17.9 Å². The number of ether oxygens (including phenoxy) is 1. The van der Waals surface area contributed by atoms with Crippen molar-refractivity contribution in [3.05, 3.63) is 74.5 Å². The summed E-state index contributed by atoms with van der Waals surface area (Å²) in [5, 5.41) is 2.58. The number of aromatic nitrogens is 2. The van der Waals surface area contributed by atoms with E-state index in [1.165, 1.54) is 29.6 Å². The largest absolute Gasteiger partial charge is 0.463 e. The molecule has 0 atom stereocenters. The number of aryl methyl sites for hydroxylation is 3. The third-order valence-electron chi connectivity index (χ3n) is 5.06. The van der Waals surface area contributed by atoms with Gasteiger partial charge in [0.1, 0.15) is 16.4 Å². The molecule has 0 saturated heterocycles. The first-order valence-corrected chi connectivity index (χ1v) is 10.00. The molecule has 3 aromatic heterocycles. The summed E-state index contributed by atoms with van der Waals surface area (Å²) in [6.07, 6.45) is 0. The second-order valence-electron chi connectivity index (χ2n) is 6.94. The quantitative estimate of drug-likeness (QED) is 0.466. The molecule has 3 heterocycles. The summed E-state index contributed by atoms with van der Waals surface area (Å²) < 4.78 is 11.8. The van der Waals surface area contributed by atoms with Gasteiger partial charge in [0.2, 0.25) is 5.76 Å². The third kappa shape index (κ3) is 3.38. The molecule has 0 unspecified atom stereocenters. The van der Waals surface area contributed by atoms with E-state index in [0.717, 1.165) is 11.1 Å². The van der Waals surface area contributed by atoms with Crippen molar-refractivity contribution < 1.29 is 13.9 Å². The van der Waals surface area contributed by atoms with Crippen molar-refractivity contribution in [2.75, 3.05) is 7.11 Å². The van der Waals surface area contributed by atoms with Crippen molar-refractivity contribution in [1.29, 1.82) is 0 Å². The van der Waals surface area contributed by atoms with Crippen LogP contribution in [0.15, 0.2) is 44.9 Å². The number of carbonyl (C=O) groups excluding carboxylic acids is 1. The topological polar surface area (TPSA) is 74.3 Å². The van der Waals surface area contributed by atoms with Crippen LogP contribution in [0.1, 0.15) is 33.3 Å². The van der Waals surface area contributed by atoms with Crippen molar-refractivity contribution in [3.63, 3.8) is 0 Å². The molecule has 0 spiro atoms. The van der Waals surface area contributed by atoms with Gasteiger partial charge in [-0.2, -0.15) is 0 Å². The molecule has 7 heteroatoms. The van der Waals surface area contributed by atoms with E-state index in [1.54, 1.807) is 23.6 Å². The van der Waals surface area contributed by atoms with Crippen molar-refractivity contribution in [3.8, 4) is 11.1 Å². The number of thiophene rings is 1. The number of esters is 1. The lowest BCUT2D eigenvalue weighted by atomic mass is 10.0. The minimum Gasteiger partial charge on any atom is -0.463 e. The Labute approximate surface area is 171 Å². The van der Waals surface area contributed by atoms with Gasteiger partial charge in [0.15, 0.2) is 0 Å². The third-order valence-corrected chi connectivity index (χ3v) is 5.94. The lowest BCUT2D eigenvalue weighted by Crippen LogP contribution is -2.24. The number of fused-ring (bicyclic) bond motifs is 1. The predicted molar refractivity (Wildman–Crippen MR) is 113 cm³/mol. The van der Waals surface area contributed by atoms with Gasteiger partial charge in [-0.15, -0.1) is 11.3 Å². The maximum absolute atomic E-state index is 13.4. The van der Waals surface area contributed by atoms with Gasteiger partial charge in [-0.25, -0.2) is 9.78 Å². The van der Waals surface area contributed by atoms with Gasteiger partial charge >= 0.3 is 5.97 Å². The molecule has 0 N–H and O–H groups in total. The van der Waals surface area contributed by atoms with E-state index < -0.39 is 5.97 Å². The van der Waals surface area contributed by atoms with Gasteiger partial charge in [0, 0.05) is 10.9 Å². The minimum atomic E-state index is -0.552. The highest BCUT2D eigenvalue weighted by atomic mass is 32.1. The standard InChI is InChI=1S/C22H20N2O4S/c1-12-5-6-15(9-13(12)2)17-11-29-20-19(17)21(25)24(14(3)23-20)10-16-7-8-18(28-16)22(26)27-4/h5-9,11H,10H2,1-4H3. The van der Waals surface area contributed by atoms with Crippen molar-refractivity contribution >= 4 is 27.5 Å². The summed E-state index contributed by atoms with van der Waals surface area (Å²) >= 11 is 1.46. The fourth-order valence-electron chi connectivity index (χ4n) is 3.26. The summed E-state index contributed by atoms with van der Waals surface area (Å²) in [5.74, 6) is 0.629. The monoisotopic (exact) mass is 408 g/mol. The second-order valence-corrected chi connectivity index (χ2v) is 7.79. The average Bonchev–Trinajstić information content (AvgIpc) is 3.34. The van der Waals surface area contributed by atoms with Crippen LogP contribution in [-0.4, -0.2) is 22.6 Å². The molecule has 0 aliphatic rings. The average molecular weight is 408 g/mol. The van der Waals surface area contributed by atoms with Crippen LogP contribution in [0.3, 0.4) is 0 Å². The lowest BCUT2D eigenvalue weighted by molar-refractivity contribution is 0.0563. The number of furan rings is 1. The van der Waals surface area contributed by atoms with Gasteiger partial charge in [-0.1, -0.05) is 18.2 Å². The van der Waals surface area contributed by atoms with E-state index in [4.69, 9.17) is 4.42 Å². The van der Waals surface area contributed by atoms with E-state index >= 15 is 0 Å². The van der Waals surface area contributed by atoms with Crippen LogP contribution >= 0.6 is 11.3 Å². The summed E-state index contributed by atoms with van der Waals surface area (Å²) in [5.41, 5.74) is 4.14. The Kier molecular flexibility index (Phi) is 4.84. The molecule has 0 aliphatic carbocycles. The number of carbonyl (C=O) groups is 1. The van der Waals surface area contributed by atoms with Crippen LogP contribution in [0.4, 0.5) is 0 Å². The molecule has 0 radical (unpaired) electrons. The molecule has 29 heavy (non-hydrogen) atoms. The highest BCUT2D eigenvalue weighted by Gasteiger charge is 2.18. The Balaban J connectivity index is 1.81. The van der Waals surface area contributed by atoms with Gasteiger partial charge in [0.25, 0.3) is 5.56 Å². The second kappa shape index (κ2) is 7.33. The Morgan fingerprint density at radius 2 is 1.97 bits per heavy atom. The molecular weight excluding hydrogens is 388 g/mol. The molecule has 0 saturated carbocycles. The van der Waals surface area contributed by atoms with E-state index in [0.29, 0.717) is 21.8 Å². The van der Waals surface area contributed by atoms with Crippen LogP contribution in [-0.2, 0) is 11.3 Å². The van der Waals surface area contributed by atoms with Crippen LogP contribution in [0.2, 0.25) is 0 Å². The molecule has 4 aromatic rings. The molecule has 0 fully saturated rings. The lowest BCUT2D eigenvalue weighted by Gasteiger charge is -2.09. The Morgan fingerprint density at radius 3 is 2.69 bits per heavy atom. The summed E-state index contributed by atoms with van der Waals surface area (Å²) in [7, 11) is 1.29. The highest BCUT2D eigenvalue weighted by molar-refractivity contribution is 7.17. The van der Waals surface area contributed by atoms with Crippen LogP contribution in [0.5, 0.6) is 0 Å². The molecule has 0 bridgehead atoms. The zero-order valence-corrected chi connectivity index (χ0v) is 17.4. The fraction of sp³-hybridized carbons (Fsp3) is 0.227. The zero-order valence-electron chi connectivity index (χ0n) is 16.6. The first-order chi connectivity index (χ1) is 13.9. The van der Waals surface area contributed by atoms with Gasteiger partial charge in [-0.3, -0.25) is 9.36 Å². The molecule has 0 aliphatic heterocycles. The molecule has 1 aromatic carbocycles. The zero-order chi connectivity index (χ0) is 20.7. The Hall–Kier alpha value is -3.19. The molecule has 4 rings (SSSR count). The normalized spacial score (nSPS) is 11.2. The maximum atomic E-state index is 13.4. The molecular formula is C22H20N2O4S. The van der Waals surface area contributed by atoms with Gasteiger partial charge < -0.3 is 9.15 Å². The number of rotatable bonds is 4. The number of hydrogen-bond donors (Lipinski definition) is 0. The van der Waals surface area contributed by atoms with Crippen LogP contribution in [0.25, 0.3) is 21.3 Å². The first kappa shape index (κ1) is 19.1. The van der Waals surface area contributed by atoms with E-state index in [9.17, 15) is 9.59 Å². The number of benzene rings is 1. The van der Waals surface area contributed by atoms with Crippen LogP contribution < -0.4 is 5.56 Å². The predicted octanol–water partition coefficient (Wildman–Crippen LogP) is 4.48. The Bertz CT molecular complexity index is 1300. The highest BCUT2D eigenvalue weighted by Crippen LogP contribution is 2.32. The van der Waals surface area contributed by atoms with E-state index in [2.05, 4.69) is 35.7 Å². The summed E-state index contributed by atoms with van der Waals surface area (Å²) in [6, 6.07) is 9.39. The smallest absolute Gasteiger partial charge is 0.373 e. The molecule has 148 valence electrons. The number of nitrogens with zero attached hydrogens (tertiary/aromatic N) is 2. The first-order valence-electron chi connectivity index (χ1n) is 9.12. The summed E-state index contributed by atoms with van der Waals surface area (Å²) in [4.78, 5) is 30.3. The van der Waals surface area contributed by atoms with Crippen LogP contribution in [0, 0.1) is 20.8 Å². The van der Waals surface area contributed by atoms with E-state index in [1.807, 2.05) is 11.4 Å². The molecule has 0 amide bonds. The van der Waals surface area contributed by atoms with Gasteiger partial charge in [-0.05, 0) is 49.6 Å². The summed E-state index contributed by atoms with van der Waals surface area (Å²) in [6.45, 7) is 6.10. The number of hydrogen-bond acceptors (Lipinski definition) is 6. The van der Waals surface area contributed by atoms with Gasteiger partial charge in [0.05, 0.1) is 19.0 Å². The van der Waals surface area contributed by atoms with Crippen molar-refractivity contribution in [1.82, 2.24) is 9.55 Å². The number of methoxy groups -OCH3 is 1. The minimum absolute atomic E-state index is 0.105. The SMILES string of the molecule is COC(=O)c1ccc(Cn2c(C)nc3scc(-c4ccc(C)c(C)c4)c3c2=O)o1. The molecule has 6 nitrogen and oxygen atoms in total. The van der Waals surface area contributed by atoms with Crippen molar-refractivity contribution in [2.45, 2.75) is 27.3 Å². The maximum Gasteiger partial charge on any atom is 0.373 e. The fourth-order valence-corrected chi connectivity index (χ4v) is 4.25. The van der Waals surface area contributed by atoms with Crippen molar-refractivity contribution in [2.24, 2.45) is 0 Å².